The van der Waals surface area contributed by atoms with E-state index in [4.69, 9.17) is 11.6 Å². The molecule has 5 heteroatoms. The molecule has 0 aliphatic rings. The van der Waals surface area contributed by atoms with E-state index in [0.717, 1.165) is 17.0 Å². The predicted octanol–water partition coefficient (Wildman–Crippen LogP) is 3.08. The molecule has 1 N–H and O–H groups in total. The summed E-state index contributed by atoms with van der Waals surface area (Å²) < 4.78 is 13.4. The quantitative estimate of drug-likeness (QED) is 0.935. The Balaban J connectivity index is 2.18. The standard InChI is InChI=1S/C14H15ClFN3/c1-9-7-19-14(8-18-9)13(17-2)6-10-3-4-11(15)12(16)5-10/h3-5,7-8,13,17H,6H2,1-2H3. The summed E-state index contributed by atoms with van der Waals surface area (Å²) in [6.07, 6.45) is 4.09. The van der Waals surface area contributed by atoms with E-state index in [1.165, 1.54) is 6.07 Å². The van der Waals surface area contributed by atoms with Crippen LogP contribution in [-0.2, 0) is 6.42 Å². The first-order valence-corrected chi connectivity index (χ1v) is 6.37. The van der Waals surface area contributed by atoms with Crippen molar-refractivity contribution >= 4 is 11.6 Å². The van der Waals surface area contributed by atoms with Crippen LogP contribution in [0.15, 0.2) is 30.6 Å². The number of hydrogen-bond acceptors (Lipinski definition) is 3. The van der Waals surface area contributed by atoms with Crippen LogP contribution >= 0.6 is 11.6 Å². The SMILES string of the molecule is CNC(Cc1ccc(Cl)c(F)c1)c1cnc(C)cn1. The zero-order valence-corrected chi connectivity index (χ0v) is 11.6. The van der Waals surface area contributed by atoms with Crippen molar-refractivity contribution in [2.45, 2.75) is 19.4 Å². The second-order valence-corrected chi connectivity index (χ2v) is 4.78. The van der Waals surface area contributed by atoms with Crippen molar-refractivity contribution < 1.29 is 4.39 Å². The van der Waals surface area contributed by atoms with Crippen LogP contribution in [0.1, 0.15) is 23.0 Å². The van der Waals surface area contributed by atoms with Crippen LogP contribution in [0, 0.1) is 12.7 Å². The topological polar surface area (TPSA) is 37.8 Å². The summed E-state index contributed by atoms with van der Waals surface area (Å²) in [6.45, 7) is 1.89. The Bertz CT molecular complexity index is 557. The minimum Gasteiger partial charge on any atom is -0.311 e. The van der Waals surface area contributed by atoms with Gasteiger partial charge in [0.1, 0.15) is 5.82 Å². The van der Waals surface area contributed by atoms with Gasteiger partial charge in [-0.1, -0.05) is 17.7 Å². The monoisotopic (exact) mass is 279 g/mol. The fourth-order valence-electron chi connectivity index (χ4n) is 1.84. The molecule has 2 aromatic rings. The molecule has 0 bridgehead atoms. The average Bonchev–Trinajstić information content (AvgIpc) is 2.41. The first-order chi connectivity index (χ1) is 9.10. The van der Waals surface area contributed by atoms with Gasteiger partial charge < -0.3 is 5.32 Å². The van der Waals surface area contributed by atoms with E-state index in [9.17, 15) is 4.39 Å². The minimum absolute atomic E-state index is 0.00586. The summed E-state index contributed by atoms with van der Waals surface area (Å²) in [5.74, 6) is -0.399. The Morgan fingerprint density at radius 1 is 1.32 bits per heavy atom. The van der Waals surface area contributed by atoms with E-state index >= 15 is 0 Å². The summed E-state index contributed by atoms with van der Waals surface area (Å²) in [6, 6.07) is 4.83. The smallest absolute Gasteiger partial charge is 0.142 e. The maximum atomic E-state index is 13.4. The molecule has 0 amide bonds. The third kappa shape index (κ3) is 3.49. The molecule has 0 fully saturated rings. The first kappa shape index (κ1) is 13.9. The lowest BCUT2D eigenvalue weighted by atomic mass is 10.0. The van der Waals surface area contributed by atoms with Gasteiger partial charge in [0.15, 0.2) is 0 Å². The van der Waals surface area contributed by atoms with E-state index in [-0.39, 0.29) is 11.1 Å². The molecule has 1 unspecified atom stereocenters. The number of halogens is 2. The fraction of sp³-hybridized carbons (Fsp3) is 0.286. The van der Waals surface area contributed by atoms with Crippen molar-refractivity contribution in [3.8, 4) is 0 Å². The van der Waals surface area contributed by atoms with Gasteiger partial charge in [0.05, 0.1) is 28.6 Å². The van der Waals surface area contributed by atoms with E-state index in [1.54, 1.807) is 18.5 Å². The van der Waals surface area contributed by atoms with Gasteiger partial charge in [0.2, 0.25) is 0 Å². The third-order valence-electron chi connectivity index (χ3n) is 2.93. The molecule has 19 heavy (non-hydrogen) atoms. The molecular weight excluding hydrogens is 265 g/mol. The van der Waals surface area contributed by atoms with Gasteiger partial charge in [0, 0.05) is 6.20 Å². The van der Waals surface area contributed by atoms with Crippen LogP contribution in [0.3, 0.4) is 0 Å². The highest BCUT2D eigenvalue weighted by molar-refractivity contribution is 6.30. The first-order valence-electron chi connectivity index (χ1n) is 6.00. The number of benzene rings is 1. The molecule has 1 aromatic heterocycles. The van der Waals surface area contributed by atoms with Crippen LogP contribution in [0.5, 0.6) is 0 Å². The number of aromatic nitrogens is 2. The summed E-state index contributed by atoms with van der Waals surface area (Å²) in [5.41, 5.74) is 2.57. The lowest BCUT2D eigenvalue weighted by Gasteiger charge is -2.15. The van der Waals surface area contributed by atoms with Crippen molar-refractivity contribution in [1.29, 1.82) is 0 Å². The summed E-state index contributed by atoms with van der Waals surface area (Å²) in [7, 11) is 1.85. The minimum atomic E-state index is -0.399. The van der Waals surface area contributed by atoms with Gasteiger partial charge in [-0.25, -0.2) is 4.39 Å². The van der Waals surface area contributed by atoms with Crippen molar-refractivity contribution in [3.05, 3.63) is 58.4 Å². The van der Waals surface area contributed by atoms with Crippen LogP contribution < -0.4 is 5.32 Å². The highest BCUT2D eigenvalue weighted by Crippen LogP contribution is 2.20. The van der Waals surface area contributed by atoms with Crippen molar-refractivity contribution in [2.24, 2.45) is 0 Å². The Labute approximate surface area is 116 Å². The Hall–Kier alpha value is -1.52. The van der Waals surface area contributed by atoms with Crippen molar-refractivity contribution in [1.82, 2.24) is 15.3 Å². The van der Waals surface area contributed by atoms with E-state index in [2.05, 4.69) is 15.3 Å². The second kappa shape index (κ2) is 6.08. The number of likely N-dealkylation sites (N-methyl/N-ethyl adjacent to an activating group) is 1. The second-order valence-electron chi connectivity index (χ2n) is 4.38. The lowest BCUT2D eigenvalue weighted by molar-refractivity contribution is 0.567. The number of nitrogens with zero attached hydrogens (tertiary/aromatic N) is 2. The zero-order valence-electron chi connectivity index (χ0n) is 10.8. The van der Waals surface area contributed by atoms with Gasteiger partial charge in [-0.2, -0.15) is 0 Å². The molecule has 0 radical (unpaired) electrons. The van der Waals surface area contributed by atoms with E-state index in [1.807, 2.05) is 20.0 Å². The van der Waals surface area contributed by atoms with Crippen LogP contribution in [0.2, 0.25) is 5.02 Å². The Morgan fingerprint density at radius 2 is 2.11 bits per heavy atom. The molecule has 100 valence electrons. The summed E-state index contributed by atoms with van der Waals surface area (Å²) >= 11 is 5.67. The van der Waals surface area contributed by atoms with Gasteiger partial charge in [-0.15, -0.1) is 0 Å². The van der Waals surface area contributed by atoms with Crippen molar-refractivity contribution in [2.75, 3.05) is 7.05 Å². The molecule has 0 aliphatic heterocycles. The van der Waals surface area contributed by atoms with Gasteiger partial charge >= 0.3 is 0 Å². The Morgan fingerprint density at radius 3 is 2.68 bits per heavy atom. The lowest BCUT2D eigenvalue weighted by Crippen LogP contribution is -2.20. The van der Waals surface area contributed by atoms with Gasteiger partial charge in [0.25, 0.3) is 0 Å². The van der Waals surface area contributed by atoms with E-state index < -0.39 is 5.82 Å². The fourth-order valence-corrected chi connectivity index (χ4v) is 1.96. The molecular formula is C14H15ClFN3. The number of hydrogen-bond donors (Lipinski definition) is 1. The van der Waals surface area contributed by atoms with Crippen LogP contribution in [0.25, 0.3) is 0 Å². The Kier molecular flexibility index (Phi) is 4.45. The number of aryl methyl sites for hydroxylation is 1. The maximum absolute atomic E-state index is 13.4. The van der Waals surface area contributed by atoms with E-state index in [0.29, 0.717) is 6.42 Å². The molecule has 2 rings (SSSR count). The van der Waals surface area contributed by atoms with Gasteiger partial charge in [-0.3, -0.25) is 9.97 Å². The molecule has 1 aromatic carbocycles. The number of nitrogens with one attached hydrogen (secondary N) is 1. The predicted molar refractivity (Wildman–Crippen MR) is 73.7 cm³/mol. The maximum Gasteiger partial charge on any atom is 0.142 e. The van der Waals surface area contributed by atoms with Gasteiger partial charge in [-0.05, 0) is 38.1 Å². The van der Waals surface area contributed by atoms with Crippen molar-refractivity contribution in [3.63, 3.8) is 0 Å². The molecule has 0 spiro atoms. The van der Waals surface area contributed by atoms with Crippen LogP contribution in [-0.4, -0.2) is 17.0 Å². The molecule has 1 heterocycles. The molecule has 3 nitrogen and oxygen atoms in total. The average molecular weight is 280 g/mol. The third-order valence-corrected chi connectivity index (χ3v) is 3.24. The highest BCUT2D eigenvalue weighted by Gasteiger charge is 2.13. The molecule has 0 aliphatic carbocycles. The number of rotatable bonds is 4. The van der Waals surface area contributed by atoms with Crippen LogP contribution in [0.4, 0.5) is 4.39 Å². The molecule has 1 atom stereocenters. The molecule has 0 saturated carbocycles. The zero-order chi connectivity index (χ0) is 13.8. The summed E-state index contributed by atoms with van der Waals surface area (Å²) in [5, 5.41) is 3.30. The summed E-state index contributed by atoms with van der Waals surface area (Å²) in [4.78, 5) is 8.56. The molecule has 0 saturated heterocycles. The highest BCUT2D eigenvalue weighted by atomic mass is 35.5. The largest absolute Gasteiger partial charge is 0.311 e. The normalized spacial score (nSPS) is 12.4.